The van der Waals surface area contributed by atoms with E-state index in [1.807, 2.05) is 54.9 Å². The highest BCUT2D eigenvalue weighted by atomic mass is 35.5. The van der Waals surface area contributed by atoms with Crippen LogP contribution in [0.25, 0.3) is 39.4 Å². The minimum atomic E-state index is -3.36. The van der Waals surface area contributed by atoms with Gasteiger partial charge in [0.05, 0.1) is 21.3 Å². The van der Waals surface area contributed by atoms with Crippen molar-refractivity contribution in [2.75, 3.05) is 6.26 Å². The van der Waals surface area contributed by atoms with Crippen LogP contribution in [0.2, 0.25) is 10.0 Å². The molecular formula is C28H23Cl2N3O3S. The molecule has 0 N–H and O–H groups in total. The van der Waals surface area contributed by atoms with Gasteiger partial charge in [-0.05, 0) is 67.4 Å². The summed E-state index contributed by atoms with van der Waals surface area (Å²) in [5, 5.41) is 0.976. The van der Waals surface area contributed by atoms with Gasteiger partial charge in [0.1, 0.15) is 11.5 Å². The van der Waals surface area contributed by atoms with Gasteiger partial charge >= 0.3 is 0 Å². The second-order valence-electron chi connectivity index (χ2n) is 8.87. The number of nitrogens with zero attached hydrogens (tertiary/aromatic N) is 3. The number of sulfone groups is 1. The number of imidazole rings is 1. The second-order valence-corrected chi connectivity index (χ2v) is 11.7. The molecule has 2 heterocycles. The molecular weight excluding hydrogens is 529 g/mol. The molecule has 0 aliphatic carbocycles. The van der Waals surface area contributed by atoms with Crippen molar-refractivity contribution in [2.45, 2.75) is 25.7 Å². The highest BCUT2D eigenvalue weighted by molar-refractivity contribution is 7.90. The zero-order chi connectivity index (χ0) is 26.5. The van der Waals surface area contributed by atoms with Gasteiger partial charge in [-0.25, -0.2) is 18.4 Å². The van der Waals surface area contributed by atoms with Crippen LogP contribution in [-0.2, 0) is 9.84 Å². The molecule has 6 nitrogen and oxygen atoms in total. The van der Waals surface area contributed by atoms with Gasteiger partial charge < -0.3 is 8.98 Å². The first-order valence-electron chi connectivity index (χ1n) is 11.4. The SMILES string of the molecule is Cc1cn(-c2ccc(-c3cccc(S(C)(=O)=O)c3)cc2-c2oc(C)nc2-c2ccc(Cl)cc2Cl)c(C)n1. The number of aryl methyl sites for hydroxylation is 3. The second kappa shape index (κ2) is 9.49. The standard InChI is InChI=1S/C28H23Cl2N3O3S/c1-16-15-33(17(2)31-16)26-11-8-20(19-6-5-7-22(12-19)37(4,34)35)13-24(26)28-27(32-18(3)36-28)23-10-9-21(29)14-25(23)30/h5-15H,1-4H3. The van der Waals surface area contributed by atoms with E-state index in [9.17, 15) is 8.42 Å². The summed E-state index contributed by atoms with van der Waals surface area (Å²) in [4.78, 5) is 9.48. The molecule has 0 amide bonds. The normalized spacial score (nSPS) is 11.7. The summed E-state index contributed by atoms with van der Waals surface area (Å²) < 4.78 is 32.6. The van der Waals surface area contributed by atoms with Crippen LogP contribution in [0.4, 0.5) is 0 Å². The van der Waals surface area contributed by atoms with Gasteiger partial charge in [-0.2, -0.15) is 0 Å². The Morgan fingerprint density at radius 3 is 2.30 bits per heavy atom. The van der Waals surface area contributed by atoms with Gasteiger partial charge in [-0.15, -0.1) is 0 Å². The lowest BCUT2D eigenvalue weighted by atomic mass is 9.98. The van der Waals surface area contributed by atoms with Gasteiger partial charge in [0.2, 0.25) is 0 Å². The van der Waals surface area contributed by atoms with E-state index in [-0.39, 0.29) is 4.90 Å². The molecule has 0 aliphatic heterocycles. The number of benzene rings is 3. The summed E-state index contributed by atoms with van der Waals surface area (Å²) >= 11 is 12.7. The van der Waals surface area contributed by atoms with E-state index in [1.54, 1.807) is 37.3 Å². The summed E-state index contributed by atoms with van der Waals surface area (Å²) in [5.41, 5.74) is 5.32. The molecule has 0 fully saturated rings. The maximum atomic E-state index is 12.2. The topological polar surface area (TPSA) is 78.0 Å². The fraction of sp³-hybridized carbons (Fsp3) is 0.143. The molecule has 0 atom stereocenters. The van der Waals surface area contributed by atoms with Gasteiger partial charge in [0, 0.05) is 35.5 Å². The van der Waals surface area contributed by atoms with Crippen LogP contribution in [0, 0.1) is 20.8 Å². The van der Waals surface area contributed by atoms with Crippen molar-refractivity contribution in [3.63, 3.8) is 0 Å². The van der Waals surface area contributed by atoms with E-state index in [1.165, 1.54) is 6.26 Å². The summed E-state index contributed by atoms with van der Waals surface area (Å²) in [6, 6.07) is 18.0. The molecule has 0 unspecified atom stereocenters. The zero-order valence-electron chi connectivity index (χ0n) is 20.6. The molecule has 0 aliphatic rings. The first kappa shape index (κ1) is 25.3. The van der Waals surface area contributed by atoms with Crippen molar-refractivity contribution >= 4 is 33.0 Å². The number of aromatic nitrogens is 3. The summed E-state index contributed by atoms with van der Waals surface area (Å²) in [6.07, 6.45) is 3.15. The lowest BCUT2D eigenvalue weighted by molar-refractivity contribution is 0.534. The predicted octanol–water partition coefficient (Wildman–Crippen LogP) is 7.50. The molecule has 2 aromatic heterocycles. The maximum absolute atomic E-state index is 12.2. The van der Waals surface area contributed by atoms with Crippen LogP contribution in [0.3, 0.4) is 0 Å². The van der Waals surface area contributed by atoms with Crippen molar-refractivity contribution in [3.05, 3.63) is 94.3 Å². The molecule has 0 saturated heterocycles. The lowest BCUT2D eigenvalue weighted by Gasteiger charge is -2.14. The Labute approximate surface area is 225 Å². The minimum Gasteiger partial charge on any atom is -0.440 e. The first-order valence-corrected chi connectivity index (χ1v) is 14.1. The van der Waals surface area contributed by atoms with Crippen molar-refractivity contribution < 1.29 is 12.8 Å². The van der Waals surface area contributed by atoms with E-state index < -0.39 is 9.84 Å². The largest absolute Gasteiger partial charge is 0.440 e. The quantitative estimate of drug-likeness (QED) is 0.226. The molecule has 5 rings (SSSR count). The molecule has 0 radical (unpaired) electrons. The average molecular weight is 552 g/mol. The van der Waals surface area contributed by atoms with Crippen LogP contribution >= 0.6 is 23.2 Å². The van der Waals surface area contributed by atoms with Crippen molar-refractivity contribution in [1.82, 2.24) is 14.5 Å². The van der Waals surface area contributed by atoms with Crippen LogP contribution < -0.4 is 0 Å². The molecule has 0 saturated carbocycles. The van der Waals surface area contributed by atoms with E-state index >= 15 is 0 Å². The number of hydrogen-bond donors (Lipinski definition) is 0. The van der Waals surface area contributed by atoms with Crippen LogP contribution in [-0.4, -0.2) is 29.2 Å². The average Bonchev–Trinajstić information content (AvgIpc) is 3.39. The summed E-state index contributed by atoms with van der Waals surface area (Å²) in [6.45, 7) is 5.65. The third-order valence-corrected chi connectivity index (χ3v) is 7.68. The van der Waals surface area contributed by atoms with E-state index in [4.69, 9.17) is 27.6 Å². The Morgan fingerprint density at radius 1 is 0.865 bits per heavy atom. The highest BCUT2D eigenvalue weighted by Gasteiger charge is 2.22. The first-order chi connectivity index (χ1) is 17.5. The molecule has 0 spiro atoms. The summed E-state index contributed by atoms with van der Waals surface area (Å²) in [5.74, 6) is 1.82. The molecule has 3 aromatic carbocycles. The highest BCUT2D eigenvalue weighted by Crippen LogP contribution is 2.41. The fourth-order valence-corrected chi connectivity index (χ4v) is 5.51. The van der Waals surface area contributed by atoms with Crippen LogP contribution in [0.15, 0.2) is 76.2 Å². The lowest BCUT2D eigenvalue weighted by Crippen LogP contribution is -2.00. The van der Waals surface area contributed by atoms with Gasteiger partial charge in [0.15, 0.2) is 21.5 Å². The monoisotopic (exact) mass is 551 g/mol. The number of rotatable bonds is 5. The minimum absolute atomic E-state index is 0.251. The number of hydrogen-bond acceptors (Lipinski definition) is 5. The number of halogens is 2. The predicted molar refractivity (Wildman–Crippen MR) is 147 cm³/mol. The van der Waals surface area contributed by atoms with Crippen molar-refractivity contribution in [2.24, 2.45) is 0 Å². The Balaban J connectivity index is 1.78. The van der Waals surface area contributed by atoms with Gasteiger partial charge in [-0.1, -0.05) is 41.4 Å². The molecule has 37 heavy (non-hydrogen) atoms. The van der Waals surface area contributed by atoms with E-state index in [0.717, 1.165) is 33.9 Å². The molecule has 0 bridgehead atoms. The van der Waals surface area contributed by atoms with E-state index in [2.05, 4.69) is 9.97 Å². The third-order valence-electron chi connectivity index (χ3n) is 6.02. The van der Waals surface area contributed by atoms with E-state index in [0.29, 0.717) is 33.0 Å². The molecule has 188 valence electrons. The Hall–Kier alpha value is -3.39. The van der Waals surface area contributed by atoms with Crippen LogP contribution in [0.1, 0.15) is 17.4 Å². The fourth-order valence-electron chi connectivity index (χ4n) is 4.35. The third kappa shape index (κ3) is 4.94. The zero-order valence-corrected chi connectivity index (χ0v) is 22.9. The smallest absolute Gasteiger partial charge is 0.192 e. The molecule has 5 aromatic rings. The number of oxazole rings is 1. The Kier molecular flexibility index (Phi) is 6.48. The maximum Gasteiger partial charge on any atom is 0.192 e. The Bertz CT molecular complexity index is 1770. The molecule has 9 heteroatoms. The van der Waals surface area contributed by atoms with Crippen LogP contribution in [0.5, 0.6) is 0 Å². The Morgan fingerprint density at radius 2 is 1.62 bits per heavy atom. The van der Waals surface area contributed by atoms with Gasteiger partial charge in [-0.3, -0.25) is 0 Å². The van der Waals surface area contributed by atoms with Crippen molar-refractivity contribution in [1.29, 1.82) is 0 Å². The van der Waals surface area contributed by atoms with Gasteiger partial charge in [0.25, 0.3) is 0 Å². The summed E-state index contributed by atoms with van der Waals surface area (Å²) in [7, 11) is -3.36. The van der Waals surface area contributed by atoms with Crippen molar-refractivity contribution in [3.8, 4) is 39.4 Å².